The second-order valence-corrected chi connectivity index (χ2v) is 7.32. The second-order valence-electron chi connectivity index (χ2n) is 7.32. The average molecular weight is 378 g/mol. The molecule has 1 fully saturated rings. The van der Waals surface area contributed by atoms with Crippen LogP contribution in [0.25, 0.3) is 0 Å². The molecule has 7 nitrogen and oxygen atoms in total. The van der Waals surface area contributed by atoms with Gasteiger partial charge in [-0.3, -0.25) is 0 Å². The number of rotatable bonds is 7. The van der Waals surface area contributed by atoms with Crippen molar-refractivity contribution in [3.63, 3.8) is 0 Å². The van der Waals surface area contributed by atoms with Crippen molar-refractivity contribution in [3.05, 3.63) is 29.3 Å². The highest BCUT2D eigenvalue weighted by Gasteiger charge is 2.44. The summed E-state index contributed by atoms with van der Waals surface area (Å²) in [6.07, 6.45) is 2.82. The molecule has 2 aliphatic rings. The van der Waals surface area contributed by atoms with E-state index in [0.717, 1.165) is 31.2 Å². The van der Waals surface area contributed by atoms with Crippen LogP contribution >= 0.6 is 0 Å². The van der Waals surface area contributed by atoms with Gasteiger partial charge in [-0.25, -0.2) is 9.59 Å². The number of aliphatic carboxylic acids is 1. The molecule has 1 saturated carbocycles. The standard InChI is InChI=1S/C20H26O7/c1-25-20(24)26-7-3-5-14-15-8-12-4-2-6-18(27-11-19(22)23)16(12)9-13(15)10-17(14)21/h2,4,6,13-15,17,21H,3,5,7-11H2,1H3,(H,22,23)/t13-,14+,15-,17+/m0/s1. The minimum Gasteiger partial charge on any atom is -0.482 e. The van der Waals surface area contributed by atoms with Crippen LogP contribution in [0.5, 0.6) is 5.75 Å². The Hall–Kier alpha value is -2.28. The van der Waals surface area contributed by atoms with Crippen LogP contribution in [0, 0.1) is 17.8 Å². The lowest BCUT2D eigenvalue weighted by atomic mass is 9.73. The maximum atomic E-state index is 11.0. The molecule has 1 aromatic carbocycles. The van der Waals surface area contributed by atoms with Gasteiger partial charge >= 0.3 is 12.1 Å². The van der Waals surface area contributed by atoms with Crippen LogP contribution in [0.15, 0.2) is 18.2 Å². The average Bonchev–Trinajstić information content (AvgIpc) is 2.95. The largest absolute Gasteiger partial charge is 0.507 e. The summed E-state index contributed by atoms with van der Waals surface area (Å²) in [6, 6.07) is 5.76. The Balaban J connectivity index is 1.64. The van der Waals surface area contributed by atoms with Crippen molar-refractivity contribution in [3.8, 4) is 5.75 Å². The van der Waals surface area contributed by atoms with Crippen LogP contribution in [0.2, 0.25) is 0 Å². The molecule has 0 aliphatic heterocycles. The number of carbonyl (C=O) groups is 2. The number of aliphatic hydroxyl groups is 1. The Labute approximate surface area is 158 Å². The zero-order valence-corrected chi connectivity index (χ0v) is 15.4. The molecule has 2 aliphatic carbocycles. The predicted octanol–water partition coefficient (Wildman–Crippen LogP) is 2.43. The normalized spacial score (nSPS) is 26.0. The first-order valence-corrected chi connectivity index (χ1v) is 9.33. The molecule has 0 heterocycles. The number of carboxylic acids is 1. The van der Waals surface area contributed by atoms with Crippen molar-refractivity contribution in [2.75, 3.05) is 20.3 Å². The van der Waals surface area contributed by atoms with Gasteiger partial charge in [0.05, 0.1) is 19.8 Å². The summed E-state index contributed by atoms with van der Waals surface area (Å²) in [5.74, 6) is 0.548. The SMILES string of the molecule is COC(=O)OCCC[C@@H]1[C@H]2Cc3cccc(OCC(=O)O)c3C[C@H]2C[C@H]1O. The lowest BCUT2D eigenvalue weighted by molar-refractivity contribution is -0.139. The molecule has 0 radical (unpaired) electrons. The minimum absolute atomic E-state index is 0.174. The Morgan fingerprint density at radius 3 is 2.81 bits per heavy atom. The van der Waals surface area contributed by atoms with Crippen molar-refractivity contribution < 1.29 is 34.0 Å². The number of fused-ring (bicyclic) bond motifs is 2. The van der Waals surface area contributed by atoms with Crippen molar-refractivity contribution in [1.82, 2.24) is 0 Å². The van der Waals surface area contributed by atoms with Gasteiger partial charge in [-0.05, 0) is 67.1 Å². The van der Waals surface area contributed by atoms with E-state index in [9.17, 15) is 14.7 Å². The molecule has 0 spiro atoms. The quantitative estimate of drug-likeness (QED) is 0.555. The lowest BCUT2D eigenvalue weighted by Gasteiger charge is -2.32. The smallest absolute Gasteiger partial charge is 0.482 e. The zero-order valence-electron chi connectivity index (χ0n) is 15.4. The van der Waals surface area contributed by atoms with E-state index in [4.69, 9.17) is 14.6 Å². The van der Waals surface area contributed by atoms with Gasteiger partial charge < -0.3 is 24.4 Å². The van der Waals surface area contributed by atoms with E-state index in [1.165, 1.54) is 12.7 Å². The number of ether oxygens (including phenoxy) is 3. The van der Waals surface area contributed by atoms with E-state index < -0.39 is 12.1 Å². The van der Waals surface area contributed by atoms with E-state index in [1.54, 1.807) is 0 Å². The second kappa shape index (κ2) is 8.61. The van der Waals surface area contributed by atoms with Gasteiger partial charge in [0, 0.05) is 0 Å². The minimum atomic E-state index is -0.994. The van der Waals surface area contributed by atoms with Crippen LogP contribution in [0.4, 0.5) is 4.79 Å². The molecule has 4 atom stereocenters. The molecule has 148 valence electrons. The molecule has 1 aromatic rings. The fourth-order valence-electron chi connectivity index (χ4n) is 4.61. The van der Waals surface area contributed by atoms with Crippen LogP contribution in [0.1, 0.15) is 30.4 Å². The van der Waals surface area contributed by atoms with Crippen LogP contribution in [-0.4, -0.2) is 48.8 Å². The molecule has 0 amide bonds. The monoisotopic (exact) mass is 378 g/mol. The van der Waals surface area contributed by atoms with Crippen molar-refractivity contribution in [2.45, 2.75) is 38.2 Å². The first-order chi connectivity index (χ1) is 13.0. The Morgan fingerprint density at radius 1 is 1.26 bits per heavy atom. The predicted molar refractivity (Wildman–Crippen MR) is 95.7 cm³/mol. The van der Waals surface area contributed by atoms with E-state index in [0.29, 0.717) is 24.0 Å². The van der Waals surface area contributed by atoms with E-state index in [1.807, 2.05) is 12.1 Å². The molecule has 0 bridgehead atoms. The third-order valence-electron chi connectivity index (χ3n) is 5.77. The summed E-state index contributed by atoms with van der Waals surface area (Å²) in [5.41, 5.74) is 2.24. The zero-order chi connectivity index (χ0) is 19.4. The molecule has 7 heteroatoms. The van der Waals surface area contributed by atoms with Gasteiger partial charge in [0.15, 0.2) is 6.61 Å². The number of methoxy groups -OCH3 is 1. The molecule has 0 aromatic heterocycles. The fraction of sp³-hybridized carbons (Fsp3) is 0.600. The van der Waals surface area contributed by atoms with Crippen molar-refractivity contribution in [2.24, 2.45) is 17.8 Å². The summed E-state index contributed by atoms with van der Waals surface area (Å²) >= 11 is 0. The summed E-state index contributed by atoms with van der Waals surface area (Å²) in [7, 11) is 1.28. The number of carboxylic acid groups (broad SMARTS) is 1. The third kappa shape index (κ3) is 4.53. The fourth-order valence-corrected chi connectivity index (χ4v) is 4.61. The van der Waals surface area contributed by atoms with Crippen molar-refractivity contribution >= 4 is 12.1 Å². The number of hydrogen-bond donors (Lipinski definition) is 2. The Bertz CT molecular complexity index is 687. The van der Waals surface area contributed by atoms with Gasteiger partial charge in [0.25, 0.3) is 0 Å². The molecule has 2 N–H and O–H groups in total. The Morgan fingerprint density at radius 2 is 2.07 bits per heavy atom. The summed E-state index contributed by atoms with van der Waals surface area (Å²) < 4.78 is 14.8. The number of hydrogen-bond acceptors (Lipinski definition) is 6. The van der Waals surface area contributed by atoms with Crippen LogP contribution < -0.4 is 4.74 Å². The highest BCUT2D eigenvalue weighted by atomic mass is 16.7. The summed E-state index contributed by atoms with van der Waals surface area (Å²) in [6.45, 7) is -0.0625. The van der Waals surface area contributed by atoms with Crippen LogP contribution in [-0.2, 0) is 27.1 Å². The molecule has 0 unspecified atom stereocenters. The van der Waals surface area contributed by atoms with Gasteiger partial charge in [-0.15, -0.1) is 0 Å². The maximum absolute atomic E-state index is 11.0. The third-order valence-corrected chi connectivity index (χ3v) is 5.77. The van der Waals surface area contributed by atoms with E-state index in [2.05, 4.69) is 10.8 Å². The number of benzene rings is 1. The molecular weight excluding hydrogens is 352 g/mol. The van der Waals surface area contributed by atoms with Gasteiger partial charge in [-0.2, -0.15) is 0 Å². The topological polar surface area (TPSA) is 102 Å². The van der Waals surface area contributed by atoms with Crippen LogP contribution in [0.3, 0.4) is 0 Å². The number of carbonyl (C=O) groups excluding carboxylic acids is 1. The lowest BCUT2D eigenvalue weighted by Crippen LogP contribution is -2.27. The highest BCUT2D eigenvalue weighted by molar-refractivity contribution is 5.68. The first-order valence-electron chi connectivity index (χ1n) is 9.33. The highest BCUT2D eigenvalue weighted by Crippen LogP contribution is 2.48. The first kappa shape index (κ1) is 19.5. The van der Waals surface area contributed by atoms with E-state index in [-0.39, 0.29) is 25.2 Å². The summed E-state index contributed by atoms with van der Waals surface area (Å²) in [5, 5.41) is 19.4. The maximum Gasteiger partial charge on any atom is 0.507 e. The van der Waals surface area contributed by atoms with Crippen molar-refractivity contribution in [1.29, 1.82) is 0 Å². The molecule has 3 rings (SSSR count). The molecule has 0 saturated heterocycles. The molecular formula is C20H26O7. The van der Waals surface area contributed by atoms with Gasteiger partial charge in [0.2, 0.25) is 0 Å². The Kier molecular flexibility index (Phi) is 6.21. The number of aliphatic hydroxyl groups excluding tert-OH is 1. The van der Waals surface area contributed by atoms with E-state index >= 15 is 0 Å². The molecule has 27 heavy (non-hydrogen) atoms. The summed E-state index contributed by atoms with van der Waals surface area (Å²) in [4.78, 5) is 21.8. The van der Waals surface area contributed by atoms with Gasteiger partial charge in [0.1, 0.15) is 5.75 Å². The van der Waals surface area contributed by atoms with Gasteiger partial charge in [-0.1, -0.05) is 12.1 Å².